The van der Waals surface area contributed by atoms with Gasteiger partial charge in [-0.2, -0.15) is 5.26 Å². The number of benzene rings is 2. The number of rotatable bonds is 11. The zero-order chi connectivity index (χ0) is 25.4. The van der Waals surface area contributed by atoms with Gasteiger partial charge in [0.15, 0.2) is 0 Å². The lowest BCUT2D eigenvalue weighted by Gasteiger charge is -2.41. The third kappa shape index (κ3) is 6.56. The molecule has 0 saturated carbocycles. The molecule has 0 fully saturated rings. The molecule has 8 heteroatoms. The summed E-state index contributed by atoms with van der Waals surface area (Å²) in [6.45, 7) is 9.26. The van der Waals surface area contributed by atoms with E-state index < -0.39 is 11.8 Å². The fourth-order valence-corrected chi connectivity index (χ4v) is 3.92. The SMILES string of the molecule is C=CN(CCCOc1ccc(C2=CCNC=C2)c(F)c1)C(C)(C)[C@@H](O)Nc1ccc(C#N)c(Cl)c1. The van der Waals surface area contributed by atoms with E-state index in [1.54, 1.807) is 42.7 Å². The molecule has 0 unspecified atom stereocenters. The normalized spacial score (nSPS) is 13.8. The van der Waals surface area contributed by atoms with Gasteiger partial charge in [0, 0.05) is 30.4 Å². The number of nitrogens with zero attached hydrogens (tertiary/aromatic N) is 2. The number of dihydropyridines is 1. The van der Waals surface area contributed by atoms with Crippen LogP contribution in [0, 0.1) is 17.1 Å². The summed E-state index contributed by atoms with van der Waals surface area (Å²) in [5.74, 6) is 0.139. The highest BCUT2D eigenvalue weighted by molar-refractivity contribution is 6.32. The average molecular weight is 497 g/mol. The molecule has 1 aliphatic rings. The highest BCUT2D eigenvalue weighted by Gasteiger charge is 2.32. The maximum Gasteiger partial charge on any atom is 0.147 e. The molecule has 1 heterocycles. The van der Waals surface area contributed by atoms with Crippen molar-refractivity contribution < 1.29 is 14.2 Å². The van der Waals surface area contributed by atoms with Gasteiger partial charge in [-0.3, -0.25) is 0 Å². The molecule has 35 heavy (non-hydrogen) atoms. The van der Waals surface area contributed by atoms with E-state index >= 15 is 0 Å². The fraction of sp³-hybridized carbons (Fsp3) is 0.296. The molecular weight excluding hydrogens is 467 g/mol. The van der Waals surface area contributed by atoms with Crippen molar-refractivity contribution >= 4 is 22.9 Å². The van der Waals surface area contributed by atoms with Crippen LogP contribution in [-0.2, 0) is 0 Å². The summed E-state index contributed by atoms with van der Waals surface area (Å²) in [4.78, 5) is 1.92. The van der Waals surface area contributed by atoms with Crippen LogP contribution < -0.4 is 15.4 Å². The summed E-state index contributed by atoms with van der Waals surface area (Å²) in [7, 11) is 0. The second-order valence-electron chi connectivity index (χ2n) is 8.63. The van der Waals surface area contributed by atoms with E-state index in [-0.39, 0.29) is 5.82 Å². The molecule has 0 aliphatic carbocycles. The predicted molar refractivity (Wildman–Crippen MR) is 138 cm³/mol. The molecule has 0 saturated heterocycles. The quantitative estimate of drug-likeness (QED) is 0.290. The number of allylic oxidation sites excluding steroid dienone is 2. The lowest BCUT2D eigenvalue weighted by Crippen LogP contribution is -2.53. The molecule has 184 valence electrons. The lowest BCUT2D eigenvalue weighted by molar-refractivity contribution is 0.0321. The fourth-order valence-electron chi connectivity index (χ4n) is 3.70. The van der Waals surface area contributed by atoms with E-state index in [1.165, 1.54) is 6.07 Å². The summed E-state index contributed by atoms with van der Waals surface area (Å²) >= 11 is 6.09. The first-order chi connectivity index (χ1) is 16.8. The number of nitrogens with one attached hydrogen (secondary N) is 2. The Kier molecular flexibility index (Phi) is 8.80. The Balaban J connectivity index is 1.53. The summed E-state index contributed by atoms with van der Waals surface area (Å²) in [6.07, 6.45) is 6.93. The largest absolute Gasteiger partial charge is 0.493 e. The molecule has 6 nitrogen and oxygen atoms in total. The van der Waals surface area contributed by atoms with Crippen molar-refractivity contribution in [3.8, 4) is 11.8 Å². The van der Waals surface area contributed by atoms with E-state index in [2.05, 4.69) is 17.2 Å². The highest BCUT2D eigenvalue weighted by atomic mass is 35.5. The van der Waals surface area contributed by atoms with Crippen molar-refractivity contribution in [2.75, 3.05) is 25.0 Å². The molecule has 0 spiro atoms. The molecule has 0 bridgehead atoms. The maximum absolute atomic E-state index is 14.6. The van der Waals surface area contributed by atoms with Crippen LogP contribution in [0.2, 0.25) is 5.02 Å². The molecule has 1 aliphatic heterocycles. The number of aliphatic hydroxyl groups excluding tert-OH is 1. The van der Waals surface area contributed by atoms with E-state index in [1.807, 2.05) is 37.0 Å². The van der Waals surface area contributed by atoms with Crippen LogP contribution in [-0.4, -0.2) is 41.5 Å². The minimum Gasteiger partial charge on any atom is -0.493 e. The third-order valence-corrected chi connectivity index (χ3v) is 6.22. The van der Waals surface area contributed by atoms with Crippen LogP contribution in [0.5, 0.6) is 5.75 Å². The highest BCUT2D eigenvalue weighted by Crippen LogP contribution is 2.26. The maximum atomic E-state index is 14.6. The summed E-state index contributed by atoms with van der Waals surface area (Å²) in [5, 5.41) is 26.3. The Morgan fingerprint density at radius 1 is 1.37 bits per heavy atom. The van der Waals surface area contributed by atoms with Crippen LogP contribution in [0.3, 0.4) is 0 Å². The van der Waals surface area contributed by atoms with E-state index in [0.29, 0.717) is 53.7 Å². The number of nitriles is 1. The van der Waals surface area contributed by atoms with Crippen molar-refractivity contribution in [2.24, 2.45) is 0 Å². The number of aliphatic hydroxyl groups is 1. The van der Waals surface area contributed by atoms with Crippen molar-refractivity contribution in [1.82, 2.24) is 10.2 Å². The predicted octanol–water partition coefficient (Wildman–Crippen LogP) is 5.27. The molecule has 0 radical (unpaired) electrons. The van der Waals surface area contributed by atoms with Crippen molar-refractivity contribution in [2.45, 2.75) is 32.0 Å². The second-order valence-corrected chi connectivity index (χ2v) is 9.03. The Labute approximate surface area is 211 Å². The first-order valence-corrected chi connectivity index (χ1v) is 11.7. The van der Waals surface area contributed by atoms with Gasteiger partial charge in [0.2, 0.25) is 0 Å². The Bertz CT molecular complexity index is 1160. The monoisotopic (exact) mass is 496 g/mol. The first kappa shape index (κ1) is 26.1. The van der Waals surface area contributed by atoms with Crippen LogP contribution in [0.25, 0.3) is 5.57 Å². The Hall–Kier alpha value is -3.47. The third-order valence-electron chi connectivity index (χ3n) is 5.91. The molecular formula is C27H30ClFN4O2. The van der Waals surface area contributed by atoms with Gasteiger partial charge in [-0.15, -0.1) is 0 Å². The average Bonchev–Trinajstić information content (AvgIpc) is 2.84. The molecule has 0 aromatic heterocycles. The minimum absolute atomic E-state index is 0.314. The minimum atomic E-state index is -0.953. The van der Waals surface area contributed by atoms with Crippen molar-refractivity contribution in [1.29, 1.82) is 5.26 Å². The number of halogens is 2. The van der Waals surface area contributed by atoms with Gasteiger partial charge < -0.3 is 25.4 Å². The van der Waals surface area contributed by atoms with Crippen LogP contribution in [0.4, 0.5) is 10.1 Å². The molecule has 1 atom stereocenters. The summed E-state index contributed by atoms with van der Waals surface area (Å²) in [5.41, 5.74) is 1.63. The van der Waals surface area contributed by atoms with Gasteiger partial charge in [0.25, 0.3) is 0 Å². The molecule has 3 N–H and O–H groups in total. The first-order valence-electron chi connectivity index (χ1n) is 11.3. The molecule has 0 amide bonds. The van der Waals surface area contributed by atoms with Gasteiger partial charge in [-0.1, -0.05) is 24.3 Å². The second kappa shape index (κ2) is 11.8. The van der Waals surface area contributed by atoms with Crippen LogP contribution >= 0.6 is 11.6 Å². The van der Waals surface area contributed by atoms with Gasteiger partial charge in [-0.05, 0) is 74.6 Å². The number of anilines is 1. The van der Waals surface area contributed by atoms with Gasteiger partial charge in [-0.25, -0.2) is 4.39 Å². The van der Waals surface area contributed by atoms with E-state index in [0.717, 1.165) is 5.57 Å². The standard InChI is InChI=1S/C27H30ClFN4O2/c1-4-33(27(2,3)26(34)32-21-7-6-20(18-30)24(28)16-21)14-5-15-35-22-8-9-23(25(29)17-22)19-10-12-31-13-11-19/h4,6-12,16-17,26,31-32,34H,1,5,13-15H2,2-3H3/t26-/m1/s1. The van der Waals surface area contributed by atoms with Gasteiger partial charge in [0.05, 0.1) is 22.7 Å². The molecule has 2 aromatic rings. The number of hydrogen-bond acceptors (Lipinski definition) is 6. The zero-order valence-electron chi connectivity index (χ0n) is 19.9. The lowest BCUT2D eigenvalue weighted by atomic mass is 10.00. The van der Waals surface area contributed by atoms with Crippen molar-refractivity contribution in [3.05, 3.63) is 89.5 Å². The van der Waals surface area contributed by atoms with Crippen molar-refractivity contribution in [3.63, 3.8) is 0 Å². The van der Waals surface area contributed by atoms with Crippen LogP contribution in [0.1, 0.15) is 31.4 Å². The Morgan fingerprint density at radius 2 is 2.17 bits per heavy atom. The summed E-state index contributed by atoms with van der Waals surface area (Å²) < 4.78 is 20.3. The van der Waals surface area contributed by atoms with Gasteiger partial charge in [0.1, 0.15) is 23.9 Å². The van der Waals surface area contributed by atoms with E-state index in [9.17, 15) is 9.50 Å². The van der Waals surface area contributed by atoms with Crippen LogP contribution in [0.15, 0.2) is 67.5 Å². The molecule has 3 rings (SSSR count). The smallest absolute Gasteiger partial charge is 0.147 e. The number of hydrogen-bond donors (Lipinski definition) is 3. The van der Waals surface area contributed by atoms with Gasteiger partial charge >= 0.3 is 0 Å². The summed E-state index contributed by atoms with van der Waals surface area (Å²) in [6, 6.07) is 11.8. The Morgan fingerprint density at radius 3 is 2.80 bits per heavy atom. The molecule has 2 aromatic carbocycles. The van der Waals surface area contributed by atoms with E-state index in [4.69, 9.17) is 21.6 Å². The zero-order valence-corrected chi connectivity index (χ0v) is 20.6. The number of ether oxygens (including phenoxy) is 1. The topological polar surface area (TPSA) is 80.6 Å².